The molecule has 6 N–H and O–H groups in total. The van der Waals surface area contributed by atoms with Crippen LogP contribution < -0.4 is 11.9 Å². The standard InChI is InChI=1S/C18H19ClN4.H3N/c19-16-10-12(14-11-22-17-13(14)5-4-8-21-17)9-15(23-16)18(20)6-2-1-3-7-18;/h4-5,8-11H,1-3,6-7,20H2,(H,21,22);1H3. The summed E-state index contributed by atoms with van der Waals surface area (Å²) >= 11 is 6.31. The van der Waals surface area contributed by atoms with E-state index in [2.05, 4.69) is 27.1 Å². The molecule has 5 nitrogen and oxygen atoms in total. The summed E-state index contributed by atoms with van der Waals surface area (Å²) in [6.45, 7) is 0. The zero-order chi connectivity index (χ0) is 15.9. The molecule has 24 heavy (non-hydrogen) atoms. The third kappa shape index (κ3) is 2.90. The molecule has 1 fully saturated rings. The molecule has 6 heteroatoms. The zero-order valence-electron chi connectivity index (χ0n) is 13.6. The SMILES string of the molecule is N.NC1(c2cc(-c3c[nH]c4ncccc34)cc(Cl)n2)CCCCC1. The maximum atomic E-state index is 6.64. The molecule has 1 aliphatic rings. The summed E-state index contributed by atoms with van der Waals surface area (Å²) in [6.07, 6.45) is 9.24. The molecule has 0 spiro atoms. The van der Waals surface area contributed by atoms with Crippen molar-refractivity contribution >= 4 is 22.6 Å². The molecular weight excluding hydrogens is 322 g/mol. The number of fused-ring (bicyclic) bond motifs is 1. The number of nitrogens with two attached hydrogens (primary N) is 1. The van der Waals surface area contributed by atoms with Crippen LogP contribution in [0, 0.1) is 0 Å². The molecule has 3 aromatic rings. The summed E-state index contributed by atoms with van der Waals surface area (Å²) in [5, 5.41) is 1.57. The second-order valence-electron chi connectivity index (χ2n) is 6.38. The van der Waals surface area contributed by atoms with Crippen LogP contribution in [0.1, 0.15) is 37.8 Å². The lowest BCUT2D eigenvalue weighted by atomic mass is 9.79. The minimum absolute atomic E-state index is 0. The summed E-state index contributed by atoms with van der Waals surface area (Å²) in [7, 11) is 0. The minimum atomic E-state index is -0.359. The Morgan fingerprint density at radius 2 is 1.96 bits per heavy atom. The lowest BCUT2D eigenvalue weighted by Gasteiger charge is -2.33. The molecular formula is C18H22ClN5. The van der Waals surface area contributed by atoms with E-state index in [9.17, 15) is 0 Å². The van der Waals surface area contributed by atoms with Crippen LogP contribution in [0.15, 0.2) is 36.7 Å². The van der Waals surface area contributed by atoms with Gasteiger partial charge in [0, 0.05) is 23.3 Å². The molecule has 1 aliphatic carbocycles. The Balaban J connectivity index is 0.00000169. The molecule has 0 amide bonds. The number of rotatable bonds is 2. The summed E-state index contributed by atoms with van der Waals surface area (Å²) < 4.78 is 0. The lowest BCUT2D eigenvalue weighted by molar-refractivity contribution is 0.295. The number of aromatic nitrogens is 3. The molecule has 3 aromatic heterocycles. The average molecular weight is 344 g/mol. The first-order valence-electron chi connectivity index (χ1n) is 8.05. The van der Waals surface area contributed by atoms with Gasteiger partial charge in [-0.1, -0.05) is 30.9 Å². The van der Waals surface area contributed by atoms with Gasteiger partial charge in [0.1, 0.15) is 10.8 Å². The van der Waals surface area contributed by atoms with E-state index in [0.29, 0.717) is 5.15 Å². The fraction of sp³-hybridized carbons (Fsp3) is 0.333. The van der Waals surface area contributed by atoms with Crippen molar-refractivity contribution < 1.29 is 0 Å². The molecule has 1 saturated carbocycles. The number of aromatic amines is 1. The van der Waals surface area contributed by atoms with Crippen molar-refractivity contribution in [3.8, 4) is 11.1 Å². The highest BCUT2D eigenvalue weighted by atomic mass is 35.5. The quantitative estimate of drug-likeness (QED) is 0.593. The molecule has 0 aliphatic heterocycles. The van der Waals surface area contributed by atoms with Gasteiger partial charge in [-0.3, -0.25) is 0 Å². The van der Waals surface area contributed by atoms with Crippen LogP contribution in [0.25, 0.3) is 22.2 Å². The van der Waals surface area contributed by atoms with Crippen molar-refractivity contribution in [1.29, 1.82) is 0 Å². The van der Waals surface area contributed by atoms with Crippen LogP contribution in [-0.4, -0.2) is 15.0 Å². The smallest absolute Gasteiger partial charge is 0.137 e. The molecule has 4 rings (SSSR count). The topological polar surface area (TPSA) is 103 Å². The van der Waals surface area contributed by atoms with Gasteiger partial charge in [-0.2, -0.15) is 0 Å². The number of hydrogen-bond acceptors (Lipinski definition) is 4. The van der Waals surface area contributed by atoms with Crippen molar-refractivity contribution in [1.82, 2.24) is 21.1 Å². The summed E-state index contributed by atoms with van der Waals surface area (Å²) in [6, 6.07) is 7.98. The van der Waals surface area contributed by atoms with E-state index in [1.807, 2.05) is 18.3 Å². The van der Waals surface area contributed by atoms with E-state index >= 15 is 0 Å². The second kappa shape index (κ2) is 6.51. The highest BCUT2D eigenvalue weighted by Crippen LogP contribution is 2.37. The third-order valence-corrected chi connectivity index (χ3v) is 5.01. The van der Waals surface area contributed by atoms with E-state index in [0.717, 1.165) is 53.5 Å². The molecule has 0 unspecified atom stereocenters. The molecule has 0 aromatic carbocycles. The Bertz CT molecular complexity index is 851. The Morgan fingerprint density at radius 3 is 2.75 bits per heavy atom. The number of halogens is 1. The van der Waals surface area contributed by atoms with Crippen molar-refractivity contribution in [3.63, 3.8) is 0 Å². The summed E-state index contributed by atoms with van der Waals surface area (Å²) in [4.78, 5) is 12.1. The third-order valence-electron chi connectivity index (χ3n) is 4.81. The maximum absolute atomic E-state index is 6.64. The van der Waals surface area contributed by atoms with Gasteiger partial charge < -0.3 is 16.9 Å². The van der Waals surface area contributed by atoms with E-state index in [4.69, 9.17) is 17.3 Å². The molecule has 126 valence electrons. The molecule has 0 atom stereocenters. The van der Waals surface area contributed by atoms with Crippen LogP contribution in [-0.2, 0) is 5.54 Å². The Kier molecular flexibility index (Phi) is 4.58. The number of H-pyrrole nitrogens is 1. The van der Waals surface area contributed by atoms with Crippen molar-refractivity contribution in [2.75, 3.05) is 0 Å². The first-order valence-corrected chi connectivity index (χ1v) is 8.43. The maximum Gasteiger partial charge on any atom is 0.137 e. The average Bonchev–Trinajstić information content (AvgIpc) is 2.99. The molecule has 0 radical (unpaired) electrons. The monoisotopic (exact) mass is 343 g/mol. The Morgan fingerprint density at radius 1 is 1.17 bits per heavy atom. The summed E-state index contributed by atoms with van der Waals surface area (Å²) in [5.41, 5.74) is 10.2. The van der Waals surface area contributed by atoms with Gasteiger partial charge in [-0.25, -0.2) is 9.97 Å². The lowest BCUT2D eigenvalue weighted by Crippen LogP contribution is -2.39. The van der Waals surface area contributed by atoms with E-state index in [1.54, 1.807) is 6.20 Å². The van der Waals surface area contributed by atoms with Gasteiger partial charge in [0.05, 0.1) is 11.2 Å². The van der Waals surface area contributed by atoms with Crippen LogP contribution in [0.2, 0.25) is 5.15 Å². The second-order valence-corrected chi connectivity index (χ2v) is 6.77. The van der Waals surface area contributed by atoms with Crippen molar-refractivity contribution in [2.45, 2.75) is 37.6 Å². The van der Waals surface area contributed by atoms with Crippen LogP contribution in [0.3, 0.4) is 0 Å². The number of nitrogens with zero attached hydrogens (tertiary/aromatic N) is 2. The predicted molar refractivity (Wildman–Crippen MR) is 98.3 cm³/mol. The van der Waals surface area contributed by atoms with E-state index < -0.39 is 0 Å². The highest BCUT2D eigenvalue weighted by Gasteiger charge is 2.31. The zero-order valence-corrected chi connectivity index (χ0v) is 14.3. The van der Waals surface area contributed by atoms with Crippen LogP contribution >= 0.6 is 11.6 Å². The van der Waals surface area contributed by atoms with Gasteiger partial charge in [0.2, 0.25) is 0 Å². The van der Waals surface area contributed by atoms with Gasteiger partial charge >= 0.3 is 0 Å². The molecule has 0 bridgehead atoms. The normalized spacial score (nSPS) is 16.8. The van der Waals surface area contributed by atoms with E-state index in [-0.39, 0.29) is 11.7 Å². The highest BCUT2D eigenvalue weighted by molar-refractivity contribution is 6.29. The number of pyridine rings is 2. The molecule has 0 saturated heterocycles. The first-order chi connectivity index (χ1) is 11.2. The molecule has 3 heterocycles. The van der Waals surface area contributed by atoms with Crippen molar-refractivity contribution in [2.24, 2.45) is 5.73 Å². The Labute approximate surface area is 146 Å². The van der Waals surface area contributed by atoms with E-state index in [1.165, 1.54) is 6.42 Å². The Hall–Kier alpha value is -1.95. The van der Waals surface area contributed by atoms with Crippen LogP contribution in [0.5, 0.6) is 0 Å². The summed E-state index contributed by atoms with van der Waals surface area (Å²) in [5.74, 6) is 0. The fourth-order valence-corrected chi connectivity index (χ4v) is 3.75. The van der Waals surface area contributed by atoms with Gasteiger partial charge in [0.15, 0.2) is 0 Å². The van der Waals surface area contributed by atoms with Crippen molar-refractivity contribution in [3.05, 3.63) is 47.5 Å². The minimum Gasteiger partial charge on any atom is -0.346 e. The fourth-order valence-electron chi connectivity index (χ4n) is 3.54. The predicted octanol–water partition coefficient (Wildman–Crippen LogP) is 4.56. The number of hydrogen-bond donors (Lipinski definition) is 3. The van der Waals surface area contributed by atoms with Gasteiger partial charge in [-0.05, 0) is 42.7 Å². The van der Waals surface area contributed by atoms with Gasteiger partial charge in [0.25, 0.3) is 0 Å². The number of nitrogens with one attached hydrogen (secondary N) is 1. The van der Waals surface area contributed by atoms with Crippen LogP contribution in [0.4, 0.5) is 0 Å². The van der Waals surface area contributed by atoms with Gasteiger partial charge in [-0.15, -0.1) is 0 Å². The largest absolute Gasteiger partial charge is 0.346 e. The first kappa shape index (κ1) is 16.9.